The number of carbonyl (C=O) groups is 1. The normalized spacial score (nSPS) is 23.6. The maximum Gasteiger partial charge on any atom is 0.416 e. The molecule has 0 bridgehead atoms. The van der Waals surface area contributed by atoms with E-state index in [1.54, 1.807) is 6.26 Å². The standard InChI is InChI=1S/C24H27F3N2O2S/c1-31-18-14-17(24(25,26)27)15-19(32-2)21(18)22(30)28-23(16-8-4-3-5-9-16)11-7-13-29-12-6-10-20(23)29/h3-5,8-9,14-15,20H,6-7,10-13H2,1-2H3,(H,28,30)/t20-,23+/m1/s1. The lowest BCUT2D eigenvalue weighted by Gasteiger charge is -2.48. The van der Waals surface area contributed by atoms with Gasteiger partial charge in [0.15, 0.2) is 0 Å². The minimum atomic E-state index is -4.52. The molecule has 2 aliphatic rings. The van der Waals surface area contributed by atoms with Crippen molar-refractivity contribution in [2.24, 2.45) is 0 Å². The number of methoxy groups -OCH3 is 1. The first-order valence-corrected chi connectivity index (χ1v) is 12.0. The van der Waals surface area contributed by atoms with Gasteiger partial charge < -0.3 is 10.1 Å². The van der Waals surface area contributed by atoms with Crippen LogP contribution in [0.25, 0.3) is 0 Å². The number of hydrogen-bond acceptors (Lipinski definition) is 4. The van der Waals surface area contributed by atoms with Crippen LogP contribution in [0.15, 0.2) is 47.4 Å². The lowest BCUT2D eigenvalue weighted by molar-refractivity contribution is -0.137. The number of alkyl halides is 3. The third kappa shape index (κ3) is 4.10. The van der Waals surface area contributed by atoms with Crippen molar-refractivity contribution in [2.75, 3.05) is 26.5 Å². The first kappa shape index (κ1) is 23.0. The van der Waals surface area contributed by atoms with E-state index in [4.69, 9.17) is 4.74 Å². The van der Waals surface area contributed by atoms with E-state index in [0.29, 0.717) is 0 Å². The van der Waals surface area contributed by atoms with Crippen molar-refractivity contribution in [3.8, 4) is 5.75 Å². The highest BCUT2D eigenvalue weighted by Crippen LogP contribution is 2.43. The molecular weight excluding hydrogens is 437 g/mol. The molecular formula is C24H27F3N2O2S. The number of amides is 1. The maximum atomic E-state index is 13.7. The van der Waals surface area contributed by atoms with E-state index in [-0.39, 0.29) is 22.3 Å². The van der Waals surface area contributed by atoms with E-state index in [0.717, 1.165) is 68.2 Å². The molecule has 4 nitrogen and oxygen atoms in total. The van der Waals surface area contributed by atoms with Crippen LogP contribution >= 0.6 is 11.8 Å². The zero-order chi connectivity index (χ0) is 22.9. The Kier molecular flexibility index (Phi) is 6.45. The van der Waals surface area contributed by atoms with Crippen molar-refractivity contribution in [2.45, 2.75) is 48.3 Å². The van der Waals surface area contributed by atoms with Crippen molar-refractivity contribution in [3.63, 3.8) is 0 Å². The zero-order valence-electron chi connectivity index (χ0n) is 18.2. The van der Waals surface area contributed by atoms with E-state index in [1.807, 2.05) is 30.3 Å². The van der Waals surface area contributed by atoms with Crippen LogP contribution in [-0.2, 0) is 11.7 Å². The molecule has 0 aliphatic carbocycles. The lowest BCUT2D eigenvalue weighted by Crippen LogP contribution is -2.61. The summed E-state index contributed by atoms with van der Waals surface area (Å²) in [5.41, 5.74) is -0.246. The first-order chi connectivity index (χ1) is 15.3. The average Bonchev–Trinajstić information content (AvgIpc) is 3.28. The second-order valence-electron chi connectivity index (χ2n) is 8.34. The fourth-order valence-corrected chi connectivity index (χ4v) is 5.88. The van der Waals surface area contributed by atoms with Gasteiger partial charge in [0.2, 0.25) is 0 Å². The summed E-state index contributed by atoms with van der Waals surface area (Å²) in [7, 11) is 1.29. The van der Waals surface area contributed by atoms with Gasteiger partial charge in [0.1, 0.15) is 5.75 Å². The second-order valence-corrected chi connectivity index (χ2v) is 9.19. The molecule has 4 rings (SSSR count). The Bertz CT molecular complexity index is 958. The van der Waals surface area contributed by atoms with Crippen LogP contribution in [-0.4, -0.2) is 43.3 Å². The molecule has 0 unspecified atom stereocenters. The minimum absolute atomic E-state index is 0.0658. The fourth-order valence-electron chi connectivity index (χ4n) is 5.23. The Morgan fingerprint density at radius 3 is 2.56 bits per heavy atom. The van der Waals surface area contributed by atoms with Crippen LogP contribution < -0.4 is 10.1 Å². The molecule has 0 radical (unpaired) electrons. The number of halogens is 3. The Balaban J connectivity index is 1.78. The molecule has 2 aliphatic heterocycles. The van der Waals surface area contributed by atoms with Gasteiger partial charge in [-0.25, -0.2) is 0 Å². The van der Waals surface area contributed by atoms with Crippen LogP contribution in [0.2, 0.25) is 0 Å². The molecule has 32 heavy (non-hydrogen) atoms. The highest BCUT2D eigenvalue weighted by molar-refractivity contribution is 7.98. The maximum absolute atomic E-state index is 13.7. The van der Waals surface area contributed by atoms with Crippen molar-refractivity contribution >= 4 is 17.7 Å². The number of hydrogen-bond donors (Lipinski definition) is 1. The summed E-state index contributed by atoms with van der Waals surface area (Å²) >= 11 is 1.11. The highest BCUT2D eigenvalue weighted by atomic mass is 32.2. The van der Waals surface area contributed by atoms with Crippen LogP contribution in [0.1, 0.15) is 47.2 Å². The Morgan fingerprint density at radius 1 is 1.19 bits per heavy atom. The van der Waals surface area contributed by atoms with Gasteiger partial charge in [-0.15, -0.1) is 11.8 Å². The molecule has 0 aromatic heterocycles. The van der Waals surface area contributed by atoms with Crippen LogP contribution in [0.3, 0.4) is 0 Å². The lowest BCUT2D eigenvalue weighted by atomic mass is 9.75. The van der Waals surface area contributed by atoms with E-state index in [1.165, 1.54) is 7.11 Å². The predicted molar refractivity (Wildman–Crippen MR) is 119 cm³/mol. The summed E-state index contributed by atoms with van der Waals surface area (Å²) in [5.74, 6) is -0.471. The molecule has 2 saturated heterocycles. The van der Waals surface area contributed by atoms with Gasteiger partial charge >= 0.3 is 6.18 Å². The van der Waals surface area contributed by atoms with Crippen molar-refractivity contribution in [3.05, 3.63) is 59.2 Å². The molecule has 1 N–H and O–H groups in total. The molecule has 8 heteroatoms. The van der Waals surface area contributed by atoms with Gasteiger partial charge in [-0.1, -0.05) is 30.3 Å². The van der Waals surface area contributed by atoms with Crippen LogP contribution in [0.4, 0.5) is 13.2 Å². The molecule has 2 aromatic carbocycles. The van der Waals surface area contributed by atoms with Gasteiger partial charge in [0.05, 0.1) is 23.8 Å². The molecule has 172 valence electrons. The Labute approximate surface area is 190 Å². The summed E-state index contributed by atoms with van der Waals surface area (Å²) in [6.45, 7) is 1.99. The van der Waals surface area contributed by atoms with Crippen molar-refractivity contribution in [1.29, 1.82) is 0 Å². The number of nitrogens with zero attached hydrogens (tertiary/aromatic N) is 1. The smallest absolute Gasteiger partial charge is 0.416 e. The van der Waals surface area contributed by atoms with Gasteiger partial charge in [0, 0.05) is 10.9 Å². The molecule has 0 spiro atoms. The first-order valence-electron chi connectivity index (χ1n) is 10.8. The topological polar surface area (TPSA) is 41.6 Å². The third-order valence-corrected chi connectivity index (χ3v) is 7.40. The summed E-state index contributed by atoms with van der Waals surface area (Å²) in [6, 6.07) is 12.0. The van der Waals surface area contributed by atoms with Crippen LogP contribution in [0, 0.1) is 0 Å². The fraction of sp³-hybridized carbons (Fsp3) is 0.458. The summed E-state index contributed by atoms with van der Waals surface area (Å²) in [6.07, 6.45) is 0.889. The Hall–Kier alpha value is -2.19. The number of ether oxygens (including phenoxy) is 1. The predicted octanol–water partition coefficient (Wildman–Crippen LogP) is 5.32. The van der Waals surface area contributed by atoms with E-state index in [2.05, 4.69) is 10.2 Å². The molecule has 1 amide bonds. The van der Waals surface area contributed by atoms with Crippen LogP contribution in [0.5, 0.6) is 5.75 Å². The molecule has 2 atom stereocenters. The highest BCUT2D eigenvalue weighted by Gasteiger charge is 2.49. The van der Waals surface area contributed by atoms with Gasteiger partial charge in [-0.05, 0) is 62.7 Å². The number of rotatable bonds is 5. The Morgan fingerprint density at radius 2 is 1.91 bits per heavy atom. The quantitative estimate of drug-likeness (QED) is 0.609. The van der Waals surface area contributed by atoms with E-state index < -0.39 is 23.2 Å². The monoisotopic (exact) mass is 464 g/mol. The van der Waals surface area contributed by atoms with Crippen molar-refractivity contribution in [1.82, 2.24) is 10.2 Å². The largest absolute Gasteiger partial charge is 0.496 e. The number of nitrogens with one attached hydrogen (secondary N) is 1. The summed E-state index contributed by atoms with van der Waals surface area (Å²) < 4.78 is 45.4. The molecule has 2 heterocycles. The number of carbonyl (C=O) groups excluding carboxylic acids is 1. The van der Waals surface area contributed by atoms with E-state index in [9.17, 15) is 18.0 Å². The molecule has 0 saturated carbocycles. The van der Waals surface area contributed by atoms with Gasteiger partial charge in [-0.2, -0.15) is 13.2 Å². The number of benzene rings is 2. The molecule has 2 aromatic rings. The van der Waals surface area contributed by atoms with Gasteiger partial charge in [-0.3, -0.25) is 9.69 Å². The number of piperidine rings is 1. The van der Waals surface area contributed by atoms with Crippen molar-refractivity contribution < 1.29 is 22.7 Å². The average molecular weight is 465 g/mol. The summed E-state index contributed by atoms with van der Waals surface area (Å²) in [5, 5.41) is 3.29. The minimum Gasteiger partial charge on any atom is -0.496 e. The van der Waals surface area contributed by atoms with E-state index >= 15 is 0 Å². The summed E-state index contributed by atoms with van der Waals surface area (Å²) in [4.78, 5) is 16.4. The molecule has 2 fully saturated rings. The second kappa shape index (κ2) is 8.98. The number of thioether (sulfide) groups is 1. The van der Waals surface area contributed by atoms with Gasteiger partial charge in [0.25, 0.3) is 5.91 Å². The third-order valence-electron chi connectivity index (χ3n) is 6.63. The SMILES string of the molecule is COc1cc(C(F)(F)F)cc(SC)c1C(=O)N[C@]1(c2ccccc2)CCCN2CCC[C@@H]21. The number of fused-ring (bicyclic) bond motifs is 1. The zero-order valence-corrected chi connectivity index (χ0v) is 19.0.